The highest BCUT2D eigenvalue weighted by Crippen LogP contribution is 2.25. The minimum atomic E-state index is -0.166. The van der Waals surface area contributed by atoms with Gasteiger partial charge in [0.05, 0.1) is 11.9 Å². The molecular formula is C23H25N3O. The molecule has 0 aliphatic heterocycles. The third kappa shape index (κ3) is 4.73. The molecule has 1 heterocycles. The maximum absolute atomic E-state index is 12.4. The molecule has 0 unspecified atom stereocenters. The summed E-state index contributed by atoms with van der Waals surface area (Å²) >= 11 is 0. The molecule has 0 spiro atoms. The van der Waals surface area contributed by atoms with Crippen molar-refractivity contribution in [2.24, 2.45) is 0 Å². The largest absolute Gasteiger partial charge is 0.347 e. The molecule has 138 valence electrons. The van der Waals surface area contributed by atoms with Crippen molar-refractivity contribution in [1.29, 1.82) is 0 Å². The van der Waals surface area contributed by atoms with E-state index in [1.165, 1.54) is 11.1 Å². The van der Waals surface area contributed by atoms with Crippen LogP contribution in [0.15, 0.2) is 66.9 Å². The first-order valence-corrected chi connectivity index (χ1v) is 9.21. The van der Waals surface area contributed by atoms with Crippen molar-refractivity contribution in [2.75, 3.05) is 11.4 Å². The fraction of sp³-hybridized carbons (Fsp3) is 0.217. The normalized spacial score (nSPS) is 10.5. The van der Waals surface area contributed by atoms with Gasteiger partial charge in [-0.15, -0.1) is 0 Å². The second kappa shape index (κ2) is 8.49. The molecule has 0 aliphatic rings. The zero-order chi connectivity index (χ0) is 19.2. The number of nitrogens with one attached hydrogen (secondary N) is 1. The Morgan fingerprint density at radius 1 is 0.963 bits per heavy atom. The van der Waals surface area contributed by atoms with Crippen molar-refractivity contribution in [3.05, 3.63) is 89.2 Å². The first-order chi connectivity index (χ1) is 13.1. The lowest BCUT2D eigenvalue weighted by molar-refractivity contribution is 0.0946. The average molecular weight is 359 g/mol. The van der Waals surface area contributed by atoms with Crippen LogP contribution in [-0.4, -0.2) is 17.4 Å². The lowest BCUT2D eigenvalue weighted by Crippen LogP contribution is -2.24. The van der Waals surface area contributed by atoms with Gasteiger partial charge in [0.25, 0.3) is 5.91 Å². The highest BCUT2D eigenvalue weighted by Gasteiger charge is 2.11. The van der Waals surface area contributed by atoms with Gasteiger partial charge in [0.15, 0.2) is 0 Å². The van der Waals surface area contributed by atoms with Gasteiger partial charge in [-0.3, -0.25) is 4.79 Å². The standard InChI is InChI=1S/C23H25N3O/c1-4-26(20-7-5-6-18(3)14-20)21-12-13-22(24-16-21)23(27)25-15-19-10-8-17(2)9-11-19/h5-14,16H,4,15H2,1-3H3,(H,25,27). The second-order valence-electron chi connectivity index (χ2n) is 6.65. The van der Waals surface area contributed by atoms with Crippen LogP contribution >= 0.6 is 0 Å². The predicted molar refractivity (Wildman–Crippen MR) is 110 cm³/mol. The van der Waals surface area contributed by atoms with Crippen molar-refractivity contribution < 1.29 is 4.79 Å². The summed E-state index contributed by atoms with van der Waals surface area (Å²) in [5.74, 6) is -0.166. The lowest BCUT2D eigenvalue weighted by Gasteiger charge is -2.23. The highest BCUT2D eigenvalue weighted by atomic mass is 16.1. The summed E-state index contributed by atoms with van der Waals surface area (Å²) in [6, 6.07) is 20.2. The quantitative estimate of drug-likeness (QED) is 0.688. The first-order valence-electron chi connectivity index (χ1n) is 9.21. The number of rotatable bonds is 6. The molecule has 0 fully saturated rings. The van der Waals surface area contributed by atoms with Crippen molar-refractivity contribution in [1.82, 2.24) is 10.3 Å². The number of carbonyl (C=O) groups is 1. The van der Waals surface area contributed by atoms with Crippen LogP contribution in [0.2, 0.25) is 0 Å². The Bertz CT molecular complexity index is 902. The topological polar surface area (TPSA) is 45.2 Å². The van der Waals surface area contributed by atoms with Crippen LogP contribution in [0, 0.1) is 13.8 Å². The van der Waals surface area contributed by atoms with E-state index in [0.717, 1.165) is 23.5 Å². The van der Waals surface area contributed by atoms with E-state index in [-0.39, 0.29) is 5.91 Å². The molecule has 1 N–H and O–H groups in total. The Balaban J connectivity index is 1.68. The molecule has 2 aromatic carbocycles. The van der Waals surface area contributed by atoms with E-state index >= 15 is 0 Å². The van der Waals surface area contributed by atoms with E-state index < -0.39 is 0 Å². The van der Waals surface area contributed by atoms with Gasteiger partial charge in [-0.1, -0.05) is 42.0 Å². The average Bonchev–Trinajstić information content (AvgIpc) is 2.68. The van der Waals surface area contributed by atoms with Crippen LogP contribution in [0.25, 0.3) is 0 Å². The van der Waals surface area contributed by atoms with Crippen LogP contribution in [0.4, 0.5) is 11.4 Å². The van der Waals surface area contributed by atoms with E-state index in [2.05, 4.69) is 47.2 Å². The Morgan fingerprint density at radius 3 is 2.37 bits per heavy atom. The van der Waals surface area contributed by atoms with Crippen LogP contribution in [0.1, 0.15) is 34.1 Å². The first kappa shape index (κ1) is 18.6. The molecular weight excluding hydrogens is 334 g/mol. The van der Waals surface area contributed by atoms with Gasteiger partial charge in [0.2, 0.25) is 0 Å². The molecule has 3 aromatic rings. The number of aryl methyl sites for hydroxylation is 2. The van der Waals surface area contributed by atoms with Crippen molar-refractivity contribution in [2.45, 2.75) is 27.3 Å². The number of anilines is 2. The Hall–Kier alpha value is -3.14. The summed E-state index contributed by atoms with van der Waals surface area (Å²) in [4.78, 5) is 18.9. The Labute approximate surface area is 160 Å². The van der Waals surface area contributed by atoms with Crippen LogP contribution in [0.5, 0.6) is 0 Å². The van der Waals surface area contributed by atoms with Crippen molar-refractivity contribution >= 4 is 17.3 Å². The minimum absolute atomic E-state index is 0.166. The molecule has 0 atom stereocenters. The SMILES string of the molecule is CCN(c1ccc(C(=O)NCc2ccc(C)cc2)nc1)c1cccc(C)c1. The number of nitrogens with zero attached hydrogens (tertiary/aromatic N) is 2. The maximum Gasteiger partial charge on any atom is 0.270 e. The molecule has 1 aromatic heterocycles. The second-order valence-corrected chi connectivity index (χ2v) is 6.65. The third-order valence-corrected chi connectivity index (χ3v) is 4.50. The van der Waals surface area contributed by atoms with E-state index in [1.807, 2.05) is 43.3 Å². The van der Waals surface area contributed by atoms with Gasteiger partial charge in [0.1, 0.15) is 5.69 Å². The number of amides is 1. The molecule has 27 heavy (non-hydrogen) atoms. The smallest absolute Gasteiger partial charge is 0.270 e. The number of pyridine rings is 1. The van der Waals surface area contributed by atoms with E-state index in [0.29, 0.717) is 12.2 Å². The summed E-state index contributed by atoms with van der Waals surface area (Å²) < 4.78 is 0. The molecule has 0 saturated heterocycles. The van der Waals surface area contributed by atoms with Gasteiger partial charge < -0.3 is 10.2 Å². The zero-order valence-electron chi connectivity index (χ0n) is 16.1. The van der Waals surface area contributed by atoms with Gasteiger partial charge >= 0.3 is 0 Å². The van der Waals surface area contributed by atoms with Gasteiger partial charge in [-0.25, -0.2) is 4.98 Å². The van der Waals surface area contributed by atoms with Crippen LogP contribution < -0.4 is 10.2 Å². The van der Waals surface area contributed by atoms with Gasteiger partial charge in [0, 0.05) is 18.8 Å². The summed E-state index contributed by atoms with van der Waals surface area (Å²) in [5.41, 5.74) is 6.00. The fourth-order valence-electron chi connectivity index (χ4n) is 2.97. The summed E-state index contributed by atoms with van der Waals surface area (Å²) in [6.07, 6.45) is 1.76. The van der Waals surface area contributed by atoms with Crippen molar-refractivity contribution in [3.8, 4) is 0 Å². The minimum Gasteiger partial charge on any atom is -0.347 e. The summed E-state index contributed by atoms with van der Waals surface area (Å²) in [5, 5.41) is 2.92. The van der Waals surface area contributed by atoms with E-state index in [1.54, 1.807) is 12.3 Å². The van der Waals surface area contributed by atoms with E-state index in [4.69, 9.17) is 0 Å². The molecule has 0 bridgehead atoms. The molecule has 4 nitrogen and oxygen atoms in total. The molecule has 0 saturated carbocycles. The molecule has 1 amide bonds. The number of aromatic nitrogens is 1. The third-order valence-electron chi connectivity index (χ3n) is 4.50. The molecule has 0 aliphatic carbocycles. The van der Waals surface area contributed by atoms with Gasteiger partial charge in [-0.05, 0) is 56.2 Å². The Kier molecular flexibility index (Phi) is 5.87. The van der Waals surface area contributed by atoms with Crippen LogP contribution in [0.3, 0.4) is 0 Å². The predicted octanol–water partition coefficient (Wildman–Crippen LogP) is 4.79. The monoisotopic (exact) mass is 359 g/mol. The fourth-order valence-corrected chi connectivity index (χ4v) is 2.97. The summed E-state index contributed by atoms with van der Waals surface area (Å²) in [7, 11) is 0. The summed E-state index contributed by atoms with van der Waals surface area (Å²) in [6.45, 7) is 7.54. The van der Waals surface area contributed by atoms with Crippen LogP contribution in [-0.2, 0) is 6.54 Å². The number of benzene rings is 2. The maximum atomic E-state index is 12.4. The lowest BCUT2D eigenvalue weighted by atomic mass is 10.1. The highest BCUT2D eigenvalue weighted by molar-refractivity contribution is 5.92. The van der Waals surface area contributed by atoms with Crippen molar-refractivity contribution in [3.63, 3.8) is 0 Å². The number of carbonyl (C=O) groups excluding carboxylic acids is 1. The van der Waals surface area contributed by atoms with Gasteiger partial charge in [-0.2, -0.15) is 0 Å². The van der Waals surface area contributed by atoms with E-state index in [9.17, 15) is 4.79 Å². The molecule has 3 rings (SSSR count). The number of hydrogen-bond donors (Lipinski definition) is 1. The zero-order valence-corrected chi connectivity index (χ0v) is 16.1. The molecule has 0 radical (unpaired) electrons. The molecule has 4 heteroatoms. The Morgan fingerprint density at radius 2 is 1.74 bits per heavy atom. The number of hydrogen-bond acceptors (Lipinski definition) is 3.